The van der Waals surface area contributed by atoms with Crippen LogP contribution >= 0.6 is 0 Å². The summed E-state index contributed by atoms with van der Waals surface area (Å²) in [6.07, 6.45) is 22.8. The van der Waals surface area contributed by atoms with Gasteiger partial charge in [-0.15, -0.1) is 0 Å². The topological polar surface area (TPSA) is 63.6 Å². The van der Waals surface area contributed by atoms with E-state index < -0.39 is 5.97 Å². The Balaban J connectivity index is 0. The summed E-state index contributed by atoms with van der Waals surface area (Å²) in [5, 5.41) is 7.60. The minimum atomic E-state index is -0.981. The van der Waals surface area contributed by atoms with Crippen LogP contribution in [0.2, 0.25) is 0 Å². The molecule has 4 heteroatoms. The molecule has 0 aromatic carbocycles. The predicted octanol–water partition coefficient (Wildman–Crippen LogP) is 6.45. The molecule has 26 heavy (non-hydrogen) atoms. The number of carboxylic acids is 1. The van der Waals surface area contributed by atoms with Crippen molar-refractivity contribution in [3.8, 4) is 0 Å². The van der Waals surface area contributed by atoms with Gasteiger partial charge < -0.3 is 9.84 Å². The highest BCUT2D eigenvalue weighted by Crippen LogP contribution is 2.10. The number of carbonyl (C=O) groups is 2. The summed E-state index contributed by atoms with van der Waals surface area (Å²) >= 11 is 0. The number of allylic oxidation sites excluding steroid dienone is 2. The van der Waals surface area contributed by atoms with Gasteiger partial charge in [-0.3, -0.25) is 4.79 Å². The van der Waals surface area contributed by atoms with Crippen LogP contribution < -0.4 is 0 Å². The molecule has 0 aliphatic carbocycles. The minimum absolute atomic E-state index is 0.0763. The van der Waals surface area contributed by atoms with Crippen molar-refractivity contribution in [3.05, 3.63) is 24.8 Å². The van der Waals surface area contributed by atoms with E-state index in [9.17, 15) is 9.59 Å². The average Bonchev–Trinajstić information content (AvgIpc) is 2.65. The van der Waals surface area contributed by atoms with Gasteiger partial charge in [0, 0.05) is 12.5 Å². The van der Waals surface area contributed by atoms with Crippen molar-refractivity contribution in [1.29, 1.82) is 0 Å². The van der Waals surface area contributed by atoms with Gasteiger partial charge in [-0.05, 0) is 32.1 Å². The average molecular weight is 369 g/mol. The van der Waals surface area contributed by atoms with Crippen LogP contribution in [-0.2, 0) is 14.3 Å². The first-order valence-corrected chi connectivity index (χ1v) is 10.2. The SMILES string of the molecule is C=CC(=O)O.CCCCCCCCC=CCCCCCCCC(=O)OC. The van der Waals surface area contributed by atoms with Gasteiger partial charge in [0.1, 0.15) is 0 Å². The van der Waals surface area contributed by atoms with Crippen LogP contribution in [0.3, 0.4) is 0 Å². The summed E-state index contributed by atoms with van der Waals surface area (Å²) in [4.78, 5) is 20.2. The standard InChI is InChI=1S/C19H36O2.C3H4O2/c1-3-4-5-6-7-8-9-10-11-12-13-14-15-16-17-18-19(20)21-2;1-2-3(4)5/h10-11H,3-9,12-18H2,1-2H3;2H,1H2,(H,4,5). The Morgan fingerprint density at radius 1 is 0.846 bits per heavy atom. The first kappa shape index (κ1) is 26.6. The largest absolute Gasteiger partial charge is 0.478 e. The molecule has 0 rings (SSSR count). The minimum Gasteiger partial charge on any atom is -0.478 e. The van der Waals surface area contributed by atoms with E-state index in [-0.39, 0.29) is 5.97 Å². The molecule has 1 N–H and O–H groups in total. The third-order valence-electron chi connectivity index (χ3n) is 4.04. The molecule has 0 amide bonds. The highest BCUT2D eigenvalue weighted by atomic mass is 16.5. The number of rotatable bonds is 16. The Morgan fingerprint density at radius 2 is 1.27 bits per heavy atom. The fourth-order valence-corrected chi connectivity index (χ4v) is 2.44. The quantitative estimate of drug-likeness (QED) is 0.147. The first-order valence-electron chi connectivity index (χ1n) is 10.2. The summed E-state index contributed by atoms with van der Waals surface area (Å²) in [6.45, 7) is 5.23. The van der Waals surface area contributed by atoms with Gasteiger partial charge in [0.05, 0.1) is 7.11 Å². The van der Waals surface area contributed by atoms with Gasteiger partial charge >= 0.3 is 11.9 Å². The summed E-state index contributed by atoms with van der Waals surface area (Å²) < 4.78 is 4.62. The molecule has 0 aliphatic rings. The molecule has 0 aliphatic heterocycles. The molecule has 0 atom stereocenters. The zero-order valence-corrected chi connectivity index (χ0v) is 17.0. The van der Waals surface area contributed by atoms with Crippen LogP contribution in [0.5, 0.6) is 0 Å². The highest BCUT2D eigenvalue weighted by molar-refractivity contribution is 5.78. The zero-order chi connectivity index (χ0) is 19.9. The number of carbonyl (C=O) groups excluding carboxylic acids is 1. The molecule has 4 nitrogen and oxygen atoms in total. The zero-order valence-electron chi connectivity index (χ0n) is 17.0. The third kappa shape index (κ3) is 27.3. The lowest BCUT2D eigenvalue weighted by Crippen LogP contribution is -1.98. The molecular weight excluding hydrogens is 328 g/mol. The van der Waals surface area contributed by atoms with E-state index in [1.54, 1.807) is 0 Å². The molecule has 0 aromatic rings. The van der Waals surface area contributed by atoms with E-state index in [4.69, 9.17) is 5.11 Å². The second-order valence-corrected chi connectivity index (χ2v) is 6.45. The number of ether oxygens (including phenoxy) is 1. The molecule has 0 unspecified atom stereocenters. The van der Waals surface area contributed by atoms with Gasteiger partial charge in [-0.25, -0.2) is 4.79 Å². The lowest BCUT2D eigenvalue weighted by Gasteiger charge is -2.00. The molecule has 0 saturated heterocycles. The molecule has 152 valence electrons. The monoisotopic (exact) mass is 368 g/mol. The highest BCUT2D eigenvalue weighted by Gasteiger charge is 1.98. The van der Waals surface area contributed by atoms with Gasteiger partial charge in [-0.1, -0.05) is 77.0 Å². The van der Waals surface area contributed by atoms with Crippen molar-refractivity contribution in [2.75, 3.05) is 7.11 Å². The van der Waals surface area contributed by atoms with Crippen LogP contribution in [0.15, 0.2) is 24.8 Å². The number of carboxylic acid groups (broad SMARTS) is 1. The van der Waals surface area contributed by atoms with E-state index in [0.29, 0.717) is 6.42 Å². The maximum Gasteiger partial charge on any atom is 0.327 e. The smallest absolute Gasteiger partial charge is 0.327 e. The number of hydrogen-bond acceptors (Lipinski definition) is 3. The lowest BCUT2D eigenvalue weighted by molar-refractivity contribution is -0.140. The number of unbranched alkanes of at least 4 members (excludes halogenated alkanes) is 11. The Bertz CT molecular complexity index is 361. The Kier molecular flexibility index (Phi) is 24.0. The second kappa shape index (κ2) is 23.4. The summed E-state index contributed by atoms with van der Waals surface area (Å²) in [5.41, 5.74) is 0. The molecule has 0 radical (unpaired) electrons. The third-order valence-corrected chi connectivity index (χ3v) is 4.04. The normalized spacial score (nSPS) is 10.2. The maximum atomic E-state index is 10.9. The number of esters is 1. The van der Waals surface area contributed by atoms with Crippen LogP contribution in [-0.4, -0.2) is 24.2 Å². The fourth-order valence-electron chi connectivity index (χ4n) is 2.44. The van der Waals surface area contributed by atoms with Crippen LogP contribution in [0.4, 0.5) is 0 Å². The van der Waals surface area contributed by atoms with Crippen molar-refractivity contribution in [2.24, 2.45) is 0 Å². The molecule has 0 bridgehead atoms. The van der Waals surface area contributed by atoms with Crippen molar-refractivity contribution in [2.45, 2.75) is 96.8 Å². The summed E-state index contributed by atoms with van der Waals surface area (Å²) in [5.74, 6) is -1.06. The number of hydrogen-bond donors (Lipinski definition) is 1. The molecular formula is C22H40O4. The van der Waals surface area contributed by atoms with E-state index >= 15 is 0 Å². The Morgan fingerprint density at radius 3 is 1.69 bits per heavy atom. The summed E-state index contributed by atoms with van der Waals surface area (Å²) in [6, 6.07) is 0. The van der Waals surface area contributed by atoms with Gasteiger partial charge in [0.2, 0.25) is 0 Å². The summed E-state index contributed by atoms with van der Waals surface area (Å²) in [7, 11) is 1.46. The van der Waals surface area contributed by atoms with Crippen LogP contribution in [0.1, 0.15) is 96.8 Å². The lowest BCUT2D eigenvalue weighted by atomic mass is 10.1. The molecule has 0 aromatic heterocycles. The Hall–Kier alpha value is -1.58. The second-order valence-electron chi connectivity index (χ2n) is 6.45. The van der Waals surface area contributed by atoms with E-state index in [1.165, 1.54) is 77.7 Å². The Labute approximate surface area is 160 Å². The van der Waals surface area contributed by atoms with Crippen molar-refractivity contribution in [1.82, 2.24) is 0 Å². The van der Waals surface area contributed by atoms with Crippen molar-refractivity contribution >= 4 is 11.9 Å². The molecule has 0 saturated carbocycles. The molecule has 0 fully saturated rings. The van der Waals surface area contributed by atoms with Crippen LogP contribution in [0.25, 0.3) is 0 Å². The van der Waals surface area contributed by atoms with Crippen molar-refractivity contribution in [3.63, 3.8) is 0 Å². The van der Waals surface area contributed by atoms with Crippen LogP contribution in [0, 0.1) is 0 Å². The predicted molar refractivity (Wildman–Crippen MR) is 109 cm³/mol. The van der Waals surface area contributed by atoms with Crippen molar-refractivity contribution < 1.29 is 19.4 Å². The van der Waals surface area contributed by atoms with E-state index in [2.05, 4.69) is 30.4 Å². The number of aliphatic carboxylic acids is 1. The van der Waals surface area contributed by atoms with E-state index in [0.717, 1.165) is 18.9 Å². The molecule has 0 spiro atoms. The van der Waals surface area contributed by atoms with Gasteiger partial charge in [-0.2, -0.15) is 0 Å². The van der Waals surface area contributed by atoms with Gasteiger partial charge in [0.25, 0.3) is 0 Å². The molecule has 0 heterocycles. The van der Waals surface area contributed by atoms with Gasteiger partial charge in [0.15, 0.2) is 0 Å². The van der Waals surface area contributed by atoms with E-state index in [1.807, 2.05) is 0 Å². The fraction of sp³-hybridized carbons (Fsp3) is 0.727. The maximum absolute atomic E-state index is 10.9. The number of methoxy groups -OCH3 is 1. The first-order chi connectivity index (χ1) is 12.6.